The maximum atomic E-state index is 8.87. The minimum absolute atomic E-state index is 0.104. The van der Waals surface area contributed by atoms with Gasteiger partial charge in [0.05, 0.1) is 14.2 Å². The molecule has 0 bridgehead atoms. The Kier molecular flexibility index (Phi) is 4.71. The number of hydrogen-bond acceptors (Lipinski definition) is 7. The van der Waals surface area contributed by atoms with Gasteiger partial charge in [0.15, 0.2) is 0 Å². The van der Waals surface area contributed by atoms with Crippen molar-refractivity contribution in [3.05, 3.63) is 0 Å². The predicted octanol–water partition coefficient (Wildman–Crippen LogP) is -0.0709. The Labute approximate surface area is 93.9 Å². The molecule has 1 heterocycles. The molecule has 1 unspecified atom stereocenters. The highest BCUT2D eigenvalue weighted by Crippen LogP contribution is 2.12. The summed E-state index contributed by atoms with van der Waals surface area (Å²) >= 11 is 0. The van der Waals surface area contributed by atoms with Crippen LogP contribution in [0, 0.1) is 5.92 Å². The third-order valence-corrected chi connectivity index (χ3v) is 1.88. The van der Waals surface area contributed by atoms with Crippen LogP contribution in [-0.4, -0.2) is 47.4 Å². The molecular formula is C9H16N4O3. The Morgan fingerprint density at radius 3 is 2.19 bits per heavy atom. The molecule has 0 radical (unpaired) electrons. The summed E-state index contributed by atoms with van der Waals surface area (Å²) in [7, 11) is 2.93. The van der Waals surface area contributed by atoms with Gasteiger partial charge in [-0.25, -0.2) is 0 Å². The molecule has 0 aliphatic rings. The van der Waals surface area contributed by atoms with E-state index >= 15 is 0 Å². The molecule has 1 aromatic rings. The SMILES string of the molecule is COc1nc(NCC(C)CO)nc(OC)n1. The number of nitrogens with one attached hydrogen (secondary N) is 1. The third-order valence-electron chi connectivity index (χ3n) is 1.88. The lowest BCUT2D eigenvalue weighted by molar-refractivity contribution is 0.244. The van der Waals surface area contributed by atoms with Gasteiger partial charge >= 0.3 is 12.0 Å². The number of hydrogen-bond donors (Lipinski definition) is 2. The molecule has 2 N–H and O–H groups in total. The van der Waals surface area contributed by atoms with E-state index in [-0.39, 0.29) is 24.5 Å². The highest BCUT2D eigenvalue weighted by molar-refractivity contribution is 5.27. The standard InChI is InChI=1S/C9H16N4O3/c1-6(5-14)4-10-7-11-8(15-2)13-9(12-7)16-3/h6,14H,4-5H2,1-3H3,(H,10,11,12,13). The van der Waals surface area contributed by atoms with Crippen LogP contribution in [0.15, 0.2) is 0 Å². The fourth-order valence-corrected chi connectivity index (χ4v) is 0.930. The number of aliphatic hydroxyl groups excluding tert-OH is 1. The zero-order valence-corrected chi connectivity index (χ0v) is 9.60. The second-order valence-electron chi connectivity index (χ2n) is 3.30. The van der Waals surface area contributed by atoms with Gasteiger partial charge in [-0.2, -0.15) is 9.97 Å². The number of ether oxygens (including phenoxy) is 2. The van der Waals surface area contributed by atoms with Crippen LogP contribution in [0.4, 0.5) is 5.95 Å². The maximum absolute atomic E-state index is 8.87. The lowest BCUT2D eigenvalue weighted by Crippen LogP contribution is -2.16. The molecule has 90 valence electrons. The summed E-state index contributed by atoms with van der Waals surface area (Å²) in [6.07, 6.45) is 0. The third kappa shape index (κ3) is 3.50. The Hall–Kier alpha value is -1.63. The van der Waals surface area contributed by atoms with E-state index in [9.17, 15) is 0 Å². The van der Waals surface area contributed by atoms with E-state index in [2.05, 4.69) is 20.3 Å². The molecule has 0 amide bonds. The first kappa shape index (κ1) is 12.4. The highest BCUT2D eigenvalue weighted by Gasteiger charge is 2.07. The first-order chi connectivity index (χ1) is 7.69. The van der Waals surface area contributed by atoms with E-state index in [1.165, 1.54) is 14.2 Å². The largest absolute Gasteiger partial charge is 0.467 e. The van der Waals surface area contributed by atoms with Crippen LogP contribution in [0.1, 0.15) is 6.92 Å². The molecule has 7 heteroatoms. The molecule has 0 saturated heterocycles. The molecule has 16 heavy (non-hydrogen) atoms. The maximum Gasteiger partial charge on any atom is 0.324 e. The van der Waals surface area contributed by atoms with Crippen molar-refractivity contribution < 1.29 is 14.6 Å². The molecule has 7 nitrogen and oxygen atoms in total. The van der Waals surface area contributed by atoms with Crippen molar-refractivity contribution in [3.8, 4) is 12.0 Å². The van der Waals surface area contributed by atoms with Crippen LogP contribution in [0.25, 0.3) is 0 Å². The molecule has 1 atom stereocenters. The van der Waals surface area contributed by atoms with Crippen molar-refractivity contribution in [1.82, 2.24) is 15.0 Å². The van der Waals surface area contributed by atoms with Gasteiger partial charge in [-0.15, -0.1) is 4.98 Å². The Balaban J connectivity index is 2.71. The average molecular weight is 228 g/mol. The Morgan fingerprint density at radius 1 is 1.19 bits per heavy atom. The van der Waals surface area contributed by atoms with Crippen molar-refractivity contribution in [1.29, 1.82) is 0 Å². The van der Waals surface area contributed by atoms with E-state index in [0.29, 0.717) is 12.5 Å². The molecule has 0 aliphatic carbocycles. The first-order valence-electron chi connectivity index (χ1n) is 4.88. The van der Waals surface area contributed by atoms with Crippen LogP contribution >= 0.6 is 0 Å². The summed E-state index contributed by atoms with van der Waals surface area (Å²) < 4.78 is 9.80. The van der Waals surface area contributed by atoms with Crippen molar-refractivity contribution in [2.75, 3.05) is 32.7 Å². The summed E-state index contributed by atoms with van der Waals surface area (Å²) in [4.78, 5) is 11.8. The van der Waals surface area contributed by atoms with E-state index in [1.54, 1.807) is 0 Å². The Morgan fingerprint density at radius 2 is 1.75 bits per heavy atom. The molecular weight excluding hydrogens is 212 g/mol. The monoisotopic (exact) mass is 228 g/mol. The van der Waals surface area contributed by atoms with Crippen LogP contribution < -0.4 is 14.8 Å². The normalized spacial score (nSPS) is 12.0. The molecule has 1 rings (SSSR count). The van der Waals surface area contributed by atoms with Crippen LogP contribution in [0.5, 0.6) is 12.0 Å². The molecule has 0 aromatic carbocycles. The van der Waals surface area contributed by atoms with Gasteiger partial charge in [0.25, 0.3) is 0 Å². The second kappa shape index (κ2) is 6.06. The number of rotatable bonds is 6. The number of aliphatic hydroxyl groups is 1. The summed E-state index contributed by atoms with van der Waals surface area (Å²) in [6.45, 7) is 2.57. The average Bonchev–Trinajstić information content (AvgIpc) is 2.35. The zero-order chi connectivity index (χ0) is 12.0. The topological polar surface area (TPSA) is 89.4 Å². The number of aromatic nitrogens is 3. The highest BCUT2D eigenvalue weighted by atomic mass is 16.5. The molecule has 0 spiro atoms. The number of anilines is 1. The lowest BCUT2D eigenvalue weighted by Gasteiger charge is -2.10. The van der Waals surface area contributed by atoms with Crippen molar-refractivity contribution in [2.45, 2.75) is 6.92 Å². The minimum Gasteiger partial charge on any atom is -0.467 e. The fourth-order valence-electron chi connectivity index (χ4n) is 0.930. The van der Waals surface area contributed by atoms with Gasteiger partial charge in [0, 0.05) is 13.2 Å². The van der Waals surface area contributed by atoms with E-state index in [4.69, 9.17) is 14.6 Å². The summed E-state index contributed by atoms with van der Waals surface area (Å²) in [5.41, 5.74) is 0. The van der Waals surface area contributed by atoms with Crippen LogP contribution in [-0.2, 0) is 0 Å². The molecule has 0 saturated carbocycles. The Bertz CT molecular complexity index is 312. The quantitative estimate of drug-likeness (QED) is 0.704. The summed E-state index contributed by atoms with van der Waals surface area (Å²) in [5, 5.41) is 11.8. The smallest absolute Gasteiger partial charge is 0.324 e. The van der Waals surface area contributed by atoms with Gasteiger partial charge in [0.1, 0.15) is 0 Å². The van der Waals surface area contributed by atoms with E-state index in [1.807, 2.05) is 6.92 Å². The van der Waals surface area contributed by atoms with Gasteiger partial charge in [-0.05, 0) is 5.92 Å². The van der Waals surface area contributed by atoms with Gasteiger partial charge < -0.3 is 19.9 Å². The number of nitrogens with zero attached hydrogens (tertiary/aromatic N) is 3. The molecule has 1 aromatic heterocycles. The zero-order valence-electron chi connectivity index (χ0n) is 9.60. The van der Waals surface area contributed by atoms with Crippen molar-refractivity contribution in [2.24, 2.45) is 5.92 Å². The van der Waals surface area contributed by atoms with Crippen LogP contribution in [0.3, 0.4) is 0 Å². The van der Waals surface area contributed by atoms with Crippen molar-refractivity contribution in [3.63, 3.8) is 0 Å². The molecule has 0 aliphatic heterocycles. The predicted molar refractivity (Wildman–Crippen MR) is 57.7 cm³/mol. The first-order valence-corrected chi connectivity index (χ1v) is 4.88. The number of methoxy groups -OCH3 is 2. The van der Waals surface area contributed by atoms with Crippen LogP contribution in [0.2, 0.25) is 0 Å². The molecule has 0 fully saturated rings. The van der Waals surface area contributed by atoms with E-state index in [0.717, 1.165) is 0 Å². The van der Waals surface area contributed by atoms with Gasteiger partial charge in [0.2, 0.25) is 5.95 Å². The second-order valence-corrected chi connectivity index (χ2v) is 3.30. The van der Waals surface area contributed by atoms with Crippen molar-refractivity contribution >= 4 is 5.95 Å². The van der Waals surface area contributed by atoms with Gasteiger partial charge in [-0.1, -0.05) is 6.92 Å². The summed E-state index contributed by atoms with van der Waals surface area (Å²) in [6, 6.07) is 0.372. The van der Waals surface area contributed by atoms with E-state index < -0.39 is 0 Å². The lowest BCUT2D eigenvalue weighted by atomic mass is 10.2. The summed E-state index contributed by atoms with van der Waals surface area (Å²) in [5.74, 6) is 0.484. The van der Waals surface area contributed by atoms with Gasteiger partial charge in [-0.3, -0.25) is 0 Å². The fraction of sp³-hybridized carbons (Fsp3) is 0.667. The minimum atomic E-state index is 0.104.